The van der Waals surface area contributed by atoms with Crippen LogP contribution in [0.3, 0.4) is 0 Å². The fourth-order valence-corrected chi connectivity index (χ4v) is 2.06. The van der Waals surface area contributed by atoms with E-state index in [1.54, 1.807) is 12.1 Å². The van der Waals surface area contributed by atoms with Gasteiger partial charge in [-0.25, -0.2) is 4.39 Å². The predicted molar refractivity (Wildman–Crippen MR) is 76.8 cm³/mol. The van der Waals surface area contributed by atoms with E-state index in [1.165, 1.54) is 12.1 Å². The molecule has 1 atom stereocenters. The van der Waals surface area contributed by atoms with Gasteiger partial charge in [0.25, 0.3) is 5.89 Å². The molecule has 0 bridgehead atoms. The average Bonchev–Trinajstić information content (AvgIpc) is 2.99. The summed E-state index contributed by atoms with van der Waals surface area (Å²) in [5, 5.41) is 3.92. The second-order valence-electron chi connectivity index (χ2n) is 5.00. The zero-order chi connectivity index (χ0) is 14.9. The van der Waals surface area contributed by atoms with E-state index in [9.17, 15) is 4.39 Å². The van der Waals surface area contributed by atoms with E-state index < -0.39 is 5.54 Å². The summed E-state index contributed by atoms with van der Waals surface area (Å²) in [6, 6.07) is 15.4. The second-order valence-corrected chi connectivity index (χ2v) is 5.00. The third-order valence-corrected chi connectivity index (χ3v) is 3.35. The van der Waals surface area contributed by atoms with E-state index in [-0.39, 0.29) is 5.82 Å². The van der Waals surface area contributed by atoms with Crippen molar-refractivity contribution in [3.63, 3.8) is 0 Å². The molecule has 2 aromatic carbocycles. The summed E-state index contributed by atoms with van der Waals surface area (Å²) < 4.78 is 18.2. The molecular formula is C16H14FN3O. The van der Waals surface area contributed by atoms with Crippen LogP contribution >= 0.6 is 0 Å². The summed E-state index contributed by atoms with van der Waals surface area (Å²) >= 11 is 0. The second kappa shape index (κ2) is 5.10. The highest BCUT2D eigenvalue weighted by atomic mass is 19.1. The van der Waals surface area contributed by atoms with Crippen LogP contribution < -0.4 is 5.73 Å². The van der Waals surface area contributed by atoms with E-state index in [1.807, 2.05) is 37.3 Å². The summed E-state index contributed by atoms with van der Waals surface area (Å²) in [6.07, 6.45) is 0. The third-order valence-electron chi connectivity index (χ3n) is 3.35. The van der Waals surface area contributed by atoms with Crippen molar-refractivity contribution in [1.82, 2.24) is 10.1 Å². The van der Waals surface area contributed by atoms with E-state index in [2.05, 4.69) is 10.1 Å². The van der Waals surface area contributed by atoms with Gasteiger partial charge >= 0.3 is 0 Å². The fraction of sp³-hybridized carbons (Fsp3) is 0.125. The molecule has 3 aromatic rings. The number of aromatic nitrogens is 2. The number of nitrogens with zero attached hydrogens (tertiary/aromatic N) is 2. The van der Waals surface area contributed by atoms with Gasteiger partial charge in [-0.15, -0.1) is 0 Å². The number of nitrogens with two attached hydrogens (primary N) is 1. The number of halogens is 1. The maximum atomic E-state index is 12.9. The van der Waals surface area contributed by atoms with E-state index in [4.69, 9.17) is 10.3 Å². The van der Waals surface area contributed by atoms with Crippen LogP contribution in [0.5, 0.6) is 0 Å². The lowest BCUT2D eigenvalue weighted by Gasteiger charge is -2.20. The SMILES string of the molecule is CC(N)(c1ccccc1)c1nc(-c2ccc(F)cc2)no1. The highest BCUT2D eigenvalue weighted by Crippen LogP contribution is 2.27. The highest BCUT2D eigenvalue weighted by Gasteiger charge is 2.30. The van der Waals surface area contributed by atoms with E-state index in [0.717, 1.165) is 5.56 Å². The Hall–Kier alpha value is -2.53. The molecule has 0 fully saturated rings. The summed E-state index contributed by atoms with van der Waals surface area (Å²) in [5.41, 5.74) is 6.99. The summed E-state index contributed by atoms with van der Waals surface area (Å²) in [5.74, 6) is 0.390. The Morgan fingerprint density at radius 3 is 2.38 bits per heavy atom. The quantitative estimate of drug-likeness (QED) is 0.802. The molecule has 106 valence electrons. The van der Waals surface area contributed by atoms with Gasteiger partial charge in [0.1, 0.15) is 11.4 Å². The maximum absolute atomic E-state index is 12.9. The van der Waals surface area contributed by atoms with Gasteiger partial charge in [-0.3, -0.25) is 0 Å². The zero-order valence-corrected chi connectivity index (χ0v) is 11.5. The number of rotatable bonds is 3. The molecule has 2 N–H and O–H groups in total. The lowest BCUT2D eigenvalue weighted by atomic mass is 9.93. The van der Waals surface area contributed by atoms with Crippen LogP contribution in [0.1, 0.15) is 18.4 Å². The van der Waals surface area contributed by atoms with Crippen molar-refractivity contribution in [2.24, 2.45) is 5.73 Å². The molecule has 5 heteroatoms. The topological polar surface area (TPSA) is 64.9 Å². The molecule has 0 aliphatic carbocycles. The van der Waals surface area contributed by atoms with Crippen LogP contribution in [0.2, 0.25) is 0 Å². The minimum atomic E-state index is -0.882. The van der Waals surface area contributed by atoms with Crippen molar-refractivity contribution in [2.75, 3.05) is 0 Å². The van der Waals surface area contributed by atoms with Crippen LogP contribution in [0.25, 0.3) is 11.4 Å². The van der Waals surface area contributed by atoms with E-state index in [0.29, 0.717) is 17.3 Å². The Labute approximate surface area is 121 Å². The van der Waals surface area contributed by atoms with Gasteiger partial charge < -0.3 is 10.3 Å². The highest BCUT2D eigenvalue weighted by molar-refractivity contribution is 5.54. The predicted octanol–water partition coefficient (Wildman–Crippen LogP) is 3.10. The molecule has 0 aliphatic rings. The summed E-state index contributed by atoms with van der Waals surface area (Å²) in [4.78, 5) is 4.33. The lowest BCUT2D eigenvalue weighted by molar-refractivity contribution is 0.325. The average molecular weight is 283 g/mol. The first-order chi connectivity index (χ1) is 10.1. The summed E-state index contributed by atoms with van der Waals surface area (Å²) in [7, 11) is 0. The third kappa shape index (κ3) is 2.55. The molecule has 0 aliphatic heterocycles. The van der Waals surface area contributed by atoms with Crippen molar-refractivity contribution in [1.29, 1.82) is 0 Å². The minimum Gasteiger partial charge on any atom is -0.337 e. The Balaban J connectivity index is 1.96. The molecule has 1 aromatic heterocycles. The number of benzene rings is 2. The van der Waals surface area contributed by atoms with Gasteiger partial charge in [-0.1, -0.05) is 35.5 Å². The van der Waals surface area contributed by atoms with Crippen molar-refractivity contribution in [2.45, 2.75) is 12.5 Å². The number of hydrogen-bond acceptors (Lipinski definition) is 4. The molecule has 1 unspecified atom stereocenters. The van der Waals surface area contributed by atoms with Crippen LogP contribution in [-0.4, -0.2) is 10.1 Å². The molecule has 21 heavy (non-hydrogen) atoms. The molecule has 0 spiro atoms. The van der Waals surface area contributed by atoms with Crippen LogP contribution in [0.4, 0.5) is 4.39 Å². The Morgan fingerprint density at radius 1 is 1.05 bits per heavy atom. The van der Waals surface area contributed by atoms with Gasteiger partial charge in [-0.2, -0.15) is 4.98 Å². The van der Waals surface area contributed by atoms with Crippen molar-refractivity contribution < 1.29 is 8.91 Å². The van der Waals surface area contributed by atoms with Crippen molar-refractivity contribution in [3.8, 4) is 11.4 Å². The van der Waals surface area contributed by atoms with E-state index >= 15 is 0 Å². The fourth-order valence-electron chi connectivity index (χ4n) is 2.06. The maximum Gasteiger partial charge on any atom is 0.251 e. The molecule has 0 radical (unpaired) electrons. The van der Waals surface area contributed by atoms with Crippen LogP contribution in [0.15, 0.2) is 59.1 Å². The molecule has 1 heterocycles. The standard InChI is InChI=1S/C16H14FN3O/c1-16(18,12-5-3-2-4-6-12)15-19-14(20-21-15)11-7-9-13(17)10-8-11/h2-10H,18H2,1H3. The molecular weight excluding hydrogens is 269 g/mol. The lowest BCUT2D eigenvalue weighted by Crippen LogP contribution is -2.34. The summed E-state index contributed by atoms with van der Waals surface area (Å²) in [6.45, 7) is 1.81. The molecule has 0 saturated carbocycles. The Bertz CT molecular complexity index is 736. The first-order valence-electron chi connectivity index (χ1n) is 6.52. The smallest absolute Gasteiger partial charge is 0.251 e. The van der Waals surface area contributed by atoms with Gasteiger partial charge in [0, 0.05) is 5.56 Å². The Morgan fingerprint density at radius 2 is 1.71 bits per heavy atom. The Kier molecular flexibility index (Phi) is 3.27. The van der Waals surface area contributed by atoms with Gasteiger partial charge in [0.2, 0.25) is 5.82 Å². The van der Waals surface area contributed by atoms with Crippen LogP contribution in [-0.2, 0) is 5.54 Å². The zero-order valence-electron chi connectivity index (χ0n) is 11.5. The monoisotopic (exact) mass is 283 g/mol. The first kappa shape index (κ1) is 13.5. The van der Waals surface area contributed by atoms with Gasteiger partial charge in [0.05, 0.1) is 0 Å². The molecule has 0 saturated heterocycles. The first-order valence-corrected chi connectivity index (χ1v) is 6.52. The minimum absolute atomic E-state index is 0.310. The normalized spacial score (nSPS) is 13.9. The van der Waals surface area contributed by atoms with Crippen LogP contribution in [0, 0.1) is 5.82 Å². The largest absolute Gasteiger partial charge is 0.337 e. The molecule has 3 rings (SSSR count). The van der Waals surface area contributed by atoms with Crippen molar-refractivity contribution >= 4 is 0 Å². The van der Waals surface area contributed by atoms with Gasteiger partial charge in [-0.05, 0) is 36.8 Å². The van der Waals surface area contributed by atoms with Crippen molar-refractivity contribution in [3.05, 3.63) is 71.9 Å². The van der Waals surface area contributed by atoms with Gasteiger partial charge in [0.15, 0.2) is 0 Å². The molecule has 4 nitrogen and oxygen atoms in total. The number of hydrogen-bond donors (Lipinski definition) is 1. The molecule has 0 amide bonds.